The molecule has 1 aliphatic rings. The number of rotatable bonds is 5. The van der Waals surface area contributed by atoms with Gasteiger partial charge in [0, 0.05) is 13.1 Å². The number of benzene rings is 1. The molecule has 0 aromatic heterocycles. The Morgan fingerprint density at radius 2 is 2.22 bits per heavy atom. The van der Waals surface area contributed by atoms with Crippen LogP contribution in [0.25, 0.3) is 0 Å². The number of halogens is 2. The fourth-order valence-corrected chi connectivity index (χ4v) is 2.45. The lowest BCUT2D eigenvalue weighted by molar-refractivity contribution is 0.287. The molecule has 4 heteroatoms. The van der Waals surface area contributed by atoms with Gasteiger partial charge in [0.2, 0.25) is 0 Å². The molecule has 1 N–H and O–H groups in total. The zero-order valence-electron chi connectivity index (χ0n) is 10.8. The van der Waals surface area contributed by atoms with Crippen LogP contribution in [0.5, 0.6) is 0 Å². The quantitative estimate of drug-likeness (QED) is 0.865. The minimum atomic E-state index is -0.367. The first-order valence-electron chi connectivity index (χ1n) is 6.48. The van der Waals surface area contributed by atoms with Crippen molar-refractivity contribution in [3.63, 3.8) is 0 Å². The summed E-state index contributed by atoms with van der Waals surface area (Å²) >= 11 is 0. The van der Waals surface area contributed by atoms with E-state index in [4.69, 9.17) is 0 Å². The topological polar surface area (TPSA) is 15.3 Å². The number of hydrogen-bond acceptors (Lipinski definition) is 2. The fraction of sp³-hybridized carbons (Fsp3) is 0.571. The van der Waals surface area contributed by atoms with Gasteiger partial charge in [0.05, 0.1) is 0 Å². The average Bonchev–Trinajstić information content (AvgIpc) is 2.83. The highest BCUT2D eigenvalue weighted by Gasteiger charge is 2.16. The van der Waals surface area contributed by atoms with Gasteiger partial charge in [-0.3, -0.25) is 0 Å². The summed E-state index contributed by atoms with van der Waals surface area (Å²) < 4.78 is 26.4. The number of nitrogens with one attached hydrogen (secondary N) is 1. The van der Waals surface area contributed by atoms with E-state index in [1.807, 2.05) is 7.05 Å². The van der Waals surface area contributed by atoms with Crippen LogP contribution in [0.15, 0.2) is 18.2 Å². The Hall–Kier alpha value is -1.00. The highest BCUT2D eigenvalue weighted by Crippen LogP contribution is 2.12. The third-order valence-corrected chi connectivity index (χ3v) is 3.50. The van der Waals surface area contributed by atoms with Gasteiger partial charge in [-0.1, -0.05) is 0 Å². The lowest BCUT2D eigenvalue weighted by atomic mass is 10.1. The second kappa shape index (κ2) is 6.25. The summed E-state index contributed by atoms with van der Waals surface area (Å²) in [5.74, 6) is 0.00809. The highest BCUT2D eigenvalue weighted by molar-refractivity contribution is 5.18. The summed E-state index contributed by atoms with van der Waals surface area (Å²) in [7, 11) is 2.04. The summed E-state index contributed by atoms with van der Waals surface area (Å²) in [6.07, 6.45) is 1.76. The van der Waals surface area contributed by atoms with Crippen LogP contribution >= 0.6 is 0 Å². The average molecular weight is 254 g/mol. The maximum absolute atomic E-state index is 13.4. The predicted molar refractivity (Wildman–Crippen MR) is 68.5 cm³/mol. The second-order valence-electron chi connectivity index (χ2n) is 5.11. The molecule has 0 radical (unpaired) electrons. The zero-order chi connectivity index (χ0) is 13.0. The molecule has 1 fully saturated rings. The van der Waals surface area contributed by atoms with Crippen molar-refractivity contribution in [3.8, 4) is 0 Å². The van der Waals surface area contributed by atoms with E-state index >= 15 is 0 Å². The van der Waals surface area contributed by atoms with Gasteiger partial charge >= 0.3 is 0 Å². The summed E-state index contributed by atoms with van der Waals surface area (Å²) in [6, 6.07) is 3.65. The SMILES string of the molecule is CN(CCc1cc(F)ccc1F)CC1CCNC1. The molecule has 2 nitrogen and oxygen atoms in total. The molecule has 1 aliphatic heterocycles. The molecule has 0 amide bonds. The minimum absolute atomic E-state index is 0.313. The lowest BCUT2D eigenvalue weighted by Crippen LogP contribution is -2.29. The smallest absolute Gasteiger partial charge is 0.126 e. The second-order valence-corrected chi connectivity index (χ2v) is 5.11. The van der Waals surface area contributed by atoms with Crippen molar-refractivity contribution in [1.82, 2.24) is 10.2 Å². The van der Waals surface area contributed by atoms with Crippen LogP contribution in [0.4, 0.5) is 8.78 Å². The van der Waals surface area contributed by atoms with Crippen LogP contribution in [-0.4, -0.2) is 38.1 Å². The van der Waals surface area contributed by atoms with Crippen LogP contribution in [0, 0.1) is 17.6 Å². The monoisotopic (exact) mass is 254 g/mol. The third-order valence-electron chi connectivity index (χ3n) is 3.50. The van der Waals surface area contributed by atoms with E-state index in [9.17, 15) is 8.78 Å². The van der Waals surface area contributed by atoms with Gasteiger partial charge in [-0.15, -0.1) is 0 Å². The molecule has 100 valence electrons. The molecule has 0 bridgehead atoms. The first-order valence-corrected chi connectivity index (χ1v) is 6.48. The third kappa shape index (κ3) is 3.75. The Balaban J connectivity index is 1.81. The van der Waals surface area contributed by atoms with Gasteiger partial charge in [0.15, 0.2) is 0 Å². The molecular weight excluding hydrogens is 234 g/mol. The Labute approximate surface area is 107 Å². The van der Waals surface area contributed by atoms with Gasteiger partial charge in [0.1, 0.15) is 11.6 Å². The molecule has 1 atom stereocenters. The van der Waals surface area contributed by atoms with Crippen molar-refractivity contribution in [2.24, 2.45) is 5.92 Å². The predicted octanol–water partition coefficient (Wildman–Crippen LogP) is 2.05. The maximum atomic E-state index is 13.4. The molecule has 0 saturated carbocycles. The Morgan fingerprint density at radius 1 is 1.39 bits per heavy atom. The van der Waals surface area contributed by atoms with Crippen LogP contribution in [-0.2, 0) is 6.42 Å². The van der Waals surface area contributed by atoms with Crippen molar-refractivity contribution in [2.45, 2.75) is 12.8 Å². The van der Waals surface area contributed by atoms with E-state index in [0.717, 1.165) is 32.2 Å². The first-order chi connectivity index (χ1) is 8.65. The summed E-state index contributed by atoms with van der Waals surface area (Å²) in [4.78, 5) is 2.20. The first kappa shape index (κ1) is 13.4. The van der Waals surface area contributed by atoms with Crippen molar-refractivity contribution in [3.05, 3.63) is 35.4 Å². The van der Waals surface area contributed by atoms with E-state index in [1.165, 1.54) is 18.6 Å². The van der Waals surface area contributed by atoms with Crippen LogP contribution in [0.2, 0.25) is 0 Å². The van der Waals surface area contributed by atoms with Gasteiger partial charge in [-0.05, 0) is 62.7 Å². The van der Waals surface area contributed by atoms with Crippen molar-refractivity contribution in [2.75, 3.05) is 33.2 Å². The van der Waals surface area contributed by atoms with Gasteiger partial charge < -0.3 is 10.2 Å². The normalized spacial score (nSPS) is 19.7. The molecule has 1 heterocycles. The Kier molecular flexibility index (Phi) is 4.66. The van der Waals surface area contributed by atoms with Crippen LogP contribution < -0.4 is 5.32 Å². The van der Waals surface area contributed by atoms with Gasteiger partial charge in [0.25, 0.3) is 0 Å². The largest absolute Gasteiger partial charge is 0.316 e. The Morgan fingerprint density at radius 3 is 2.94 bits per heavy atom. The zero-order valence-corrected chi connectivity index (χ0v) is 10.8. The van der Waals surface area contributed by atoms with Gasteiger partial charge in [-0.2, -0.15) is 0 Å². The maximum Gasteiger partial charge on any atom is 0.126 e. The van der Waals surface area contributed by atoms with E-state index in [1.54, 1.807) is 0 Å². The van der Waals surface area contributed by atoms with Gasteiger partial charge in [-0.25, -0.2) is 8.78 Å². The number of likely N-dealkylation sites (N-methyl/N-ethyl adjacent to an activating group) is 1. The molecule has 18 heavy (non-hydrogen) atoms. The van der Waals surface area contributed by atoms with E-state index < -0.39 is 0 Å². The van der Waals surface area contributed by atoms with Crippen molar-refractivity contribution < 1.29 is 8.78 Å². The van der Waals surface area contributed by atoms with E-state index in [2.05, 4.69) is 10.2 Å². The molecular formula is C14H20F2N2. The molecule has 0 spiro atoms. The summed E-state index contributed by atoms with van der Waals surface area (Å²) in [5, 5.41) is 3.33. The van der Waals surface area contributed by atoms with E-state index in [-0.39, 0.29) is 11.6 Å². The molecule has 0 aliphatic carbocycles. The van der Waals surface area contributed by atoms with E-state index in [0.29, 0.717) is 17.9 Å². The molecule has 2 rings (SSSR count). The summed E-state index contributed by atoms with van der Waals surface area (Å²) in [5.41, 5.74) is 0.464. The molecule has 1 aromatic carbocycles. The fourth-order valence-electron chi connectivity index (χ4n) is 2.45. The summed E-state index contributed by atoms with van der Waals surface area (Å²) in [6.45, 7) is 3.94. The highest BCUT2D eigenvalue weighted by atomic mass is 19.1. The standard InChI is InChI=1S/C14H20F2N2/c1-18(10-11-4-6-17-9-11)7-5-12-8-13(15)2-3-14(12)16/h2-3,8,11,17H,4-7,9-10H2,1H3. The van der Waals surface area contributed by atoms with Crippen LogP contribution in [0.1, 0.15) is 12.0 Å². The molecule has 1 aromatic rings. The van der Waals surface area contributed by atoms with Crippen LogP contribution in [0.3, 0.4) is 0 Å². The van der Waals surface area contributed by atoms with Crippen molar-refractivity contribution >= 4 is 0 Å². The Bertz CT molecular complexity index is 389. The minimum Gasteiger partial charge on any atom is -0.316 e. The molecule has 1 unspecified atom stereocenters. The number of nitrogens with zero attached hydrogens (tertiary/aromatic N) is 1. The number of hydrogen-bond donors (Lipinski definition) is 1. The lowest BCUT2D eigenvalue weighted by Gasteiger charge is -2.20. The molecule has 1 saturated heterocycles. The van der Waals surface area contributed by atoms with Crippen molar-refractivity contribution in [1.29, 1.82) is 0 Å².